The Morgan fingerprint density at radius 2 is 2.24 bits per heavy atom. The van der Waals surface area contributed by atoms with Gasteiger partial charge in [-0.05, 0) is 31.7 Å². The van der Waals surface area contributed by atoms with E-state index in [-0.39, 0.29) is 5.82 Å². The lowest BCUT2D eigenvalue weighted by atomic mass is 10.1. The van der Waals surface area contributed by atoms with Crippen molar-refractivity contribution in [1.29, 1.82) is 0 Å². The molecule has 0 spiro atoms. The number of rotatable bonds is 4. The molecule has 0 saturated heterocycles. The van der Waals surface area contributed by atoms with Crippen molar-refractivity contribution in [3.63, 3.8) is 0 Å². The van der Waals surface area contributed by atoms with E-state index in [0.717, 1.165) is 6.54 Å². The third-order valence-electron chi connectivity index (χ3n) is 2.49. The summed E-state index contributed by atoms with van der Waals surface area (Å²) in [6, 6.07) is 4.88. The van der Waals surface area contributed by atoms with Gasteiger partial charge in [0, 0.05) is 18.5 Å². The summed E-state index contributed by atoms with van der Waals surface area (Å²) in [6.07, 6.45) is 0.689. The van der Waals surface area contributed by atoms with Crippen molar-refractivity contribution in [3.8, 4) is 11.5 Å². The van der Waals surface area contributed by atoms with Crippen molar-refractivity contribution in [2.24, 2.45) is 0 Å². The zero-order chi connectivity index (χ0) is 12.3. The van der Waals surface area contributed by atoms with Gasteiger partial charge in [0.05, 0.1) is 0 Å². The van der Waals surface area contributed by atoms with Gasteiger partial charge in [-0.1, -0.05) is 11.2 Å². The minimum atomic E-state index is -0.266. The number of likely N-dealkylation sites (N-methyl/N-ethyl adjacent to an activating group) is 1. The van der Waals surface area contributed by atoms with E-state index in [1.807, 2.05) is 7.05 Å². The molecule has 17 heavy (non-hydrogen) atoms. The highest BCUT2D eigenvalue weighted by atomic mass is 19.1. The summed E-state index contributed by atoms with van der Waals surface area (Å²) in [6.45, 7) is 2.49. The Bertz CT molecular complexity index is 510. The molecule has 0 unspecified atom stereocenters. The summed E-state index contributed by atoms with van der Waals surface area (Å²) in [5, 5.41) is 6.83. The lowest BCUT2D eigenvalue weighted by molar-refractivity contribution is 0.421. The molecule has 1 aromatic heterocycles. The molecule has 4 nitrogen and oxygen atoms in total. The topological polar surface area (TPSA) is 51.0 Å². The molecule has 0 aliphatic heterocycles. The molecule has 1 aromatic carbocycles. The molecule has 0 radical (unpaired) electrons. The molecule has 90 valence electrons. The second-order valence-electron chi connectivity index (χ2n) is 3.83. The maximum absolute atomic E-state index is 13.4. The van der Waals surface area contributed by atoms with Crippen LogP contribution in [0.3, 0.4) is 0 Å². The van der Waals surface area contributed by atoms with Crippen LogP contribution in [0.4, 0.5) is 4.39 Å². The molecule has 0 amide bonds. The van der Waals surface area contributed by atoms with Gasteiger partial charge in [-0.15, -0.1) is 0 Å². The Labute approximate surface area is 98.8 Å². The number of aromatic nitrogens is 2. The van der Waals surface area contributed by atoms with E-state index in [9.17, 15) is 4.39 Å². The first-order valence-electron chi connectivity index (χ1n) is 5.44. The third kappa shape index (κ3) is 2.68. The van der Waals surface area contributed by atoms with Crippen molar-refractivity contribution >= 4 is 0 Å². The third-order valence-corrected chi connectivity index (χ3v) is 2.49. The number of aryl methyl sites for hydroxylation is 1. The number of hydrogen-bond acceptors (Lipinski definition) is 4. The predicted octanol–water partition coefficient (Wildman–Crippen LogP) is 1.95. The van der Waals surface area contributed by atoms with Gasteiger partial charge < -0.3 is 9.84 Å². The lowest BCUT2D eigenvalue weighted by Gasteiger charge is -1.97. The Morgan fingerprint density at radius 1 is 1.41 bits per heavy atom. The van der Waals surface area contributed by atoms with E-state index < -0.39 is 0 Å². The van der Waals surface area contributed by atoms with E-state index in [1.165, 1.54) is 6.07 Å². The van der Waals surface area contributed by atoms with Crippen LogP contribution < -0.4 is 5.32 Å². The summed E-state index contributed by atoms with van der Waals surface area (Å²) in [7, 11) is 1.86. The van der Waals surface area contributed by atoms with Crippen LogP contribution in [-0.4, -0.2) is 23.7 Å². The molecule has 2 aromatic rings. The molecule has 0 aliphatic rings. The normalized spacial score (nSPS) is 10.8. The van der Waals surface area contributed by atoms with E-state index >= 15 is 0 Å². The lowest BCUT2D eigenvalue weighted by Crippen LogP contribution is -2.10. The Kier molecular flexibility index (Phi) is 3.49. The summed E-state index contributed by atoms with van der Waals surface area (Å²) in [5.41, 5.74) is 1.21. The van der Waals surface area contributed by atoms with Crippen molar-refractivity contribution in [2.45, 2.75) is 13.3 Å². The molecule has 0 saturated carbocycles. The second-order valence-corrected chi connectivity index (χ2v) is 3.83. The largest absolute Gasteiger partial charge is 0.334 e. The average Bonchev–Trinajstić information content (AvgIpc) is 2.79. The van der Waals surface area contributed by atoms with Gasteiger partial charge in [-0.2, -0.15) is 4.98 Å². The predicted molar refractivity (Wildman–Crippen MR) is 62.1 cm³/mol. The van der Waals surface area contributed by atoms with Gasteiger partial charge in [0.1, 0.15) is 5.82 Å². The number of nitrogens with zero attached hydrogens (tertiary/aromatic N) is 2. The molecule has 0 fully saturated rings. The molecular formula is C12H14FN3O. The highest BCUT2D eigenvalue weighted by molar-refractivity contribution is 5.53. The Hall–Kier alpha value is -1.75. The first-order chi connectivity index (χ1) is 8.20. The number of nitrogens with one attached hydrogen (secondary N) is 1. The monoisotopic (exact) mass is 235 g/mol. The van der Waals surface area contributed by atoms with Crippen molar-refractivity contribution in [2.75, 3.05) is 13.6 Å². The molecule has 0 atom stereocenters. The Balaban J connectivity index is 2.21. The Morgan fingerprint density at radius 3 is 2.94 bits per heavy atom. The highest BCUT2D eigenvalue weighted by Gasteiger charge is 2.09. The quantitative estimate of drug-likeness (QED) is 0.880. The maximum Gasteiger partial charge on any atom is 0.258 e. The maximum atomic E-state index is 13.4. The molecule has 5 heteroatoms. The van der Waals surface area contributed by atoms with Crippen LogP contribution in [0.5, 0.6) is 0 Å². The van der Waals surface area contributed by atoms with Crippen molar-refractivity contribution in [3.05, 3.63) is 35.4 Å². The van der Waals surface area contributed by atoms with E-state index in [0.29, 0.717) is 29.3 Å². The zero-order valence-electron chi connectivity index (χ0n) is 9.83. The smallest absolute Gasteiger partial charge is 0.258 e. The number of hydrogen-bond donors (Lipinski definition) is 1. The minimum Gasteiger partial charge on any atom is -0.334 e. The molecule has 2 rings (SSSR count). The SMILES string of the molecule is CNCCc1noc(-c2ccc(C)c(F)c2)n1. The molecule has 1 N–H and O–H groups in total. The molecule has 0 aliphatic carbocycles. The first kappa shape index (κ1) is 11.7. The average molecular weight is 235 g/mol. The summed E-state index contributed by atoms with van der Waals surface area (Å²) < 4.78 is 18.5. The van der Waals surface area contributed by atoms with Crippen LogP contribution in [0.15, 0.2) is 22.7 Å². The first-order valence-corrected chi connectivity index (χ1v) is 5.44. The summed E-state index contributed by atoms with van der Waals surface area (Å²) >= 11 is 0. The van der Waals surface area contributed by atoms with E-state index in [1.54, 1.807) is 19.1 Å². The molecule has 0 bridgehead atoms. The van der Waals surface area contributed by atoms with Gasteiger partial charge >= 0.3 is 0 Å². The number of benzene rings is 1. The fraction of sp³-hybridized carbons (Fsp3) is 0.333. The van der Waals surface area contributed by atoms with E-state index in [2.05, 4.69) is 15.5 Å². The fourth-order valence-corrected chi connectivity index (χ4v) is 1.44. The van der Waals surface area contributed by atoms with Crippen molar-refractivity contribution in [1.82, 2.24) is 15.5 Å². The van der Waals surface area contributed by atoms with Crippen LogP contribution in [0.1, 0.15) is 11.4 Å². The van der Waals surface area contributed by atoms with Crippen LogP contribution in [0.2, 0.25) is 0 Å². The zero-order valence-corrected chi connectivity index (χ0v) is 9.83. The minimum absolute atomic E-state index is 0.266. The summed E-state index contributed by atoms with van der Waals surface area (Å²) in [4.78, 5) is 4.20. The number of halogens is 1. The highest BCUT2D eigenvalue weighted by Crippen LogP contribution is 2.19. The van der Waals surface area contributed by atoms with Crippen LogP contribution in [-0.2, 0) is 6.42 Å². The van der Waals surface area contributed by atoms with Crippen LogP contribution in [0.25, 0.3) is 11.5 Å². The van der Waals surface area contributed by atoms with E-state index in [4.69, 9.17) is 4.52 Å². The van der Waals surface area contributed by atoms with Crippen LogP contribution in [0, 0.1) is 12.7 Å². The fourth-order valence-electron chi connectivity index (χ4n) is 1.44. The van der Waals surface area contributed by atoms with Gasteiger partial charge in [-0.3, -0.25) is 0 Å². The van der Waals surface area contributed by atoms with Gasteiger partial charge in [0.25, 0.3) is 5.89 Å². The van der Waals surface area contributed by atoms with Crippen molar-refractivity contribution < 1.29 is 8.91 Å². The molecular weight excluding hydrogens is 221 g/mol. The second kappa shape index (κ2) is 5.05. The summed E-state index contributed by atoms with van der Waals surface area (Å²) in [5.74, 6) is 0.711. The van der Waals surface area contributed by atoms with Gasteiger partial charge in [0.15, 0.2) is 5.82 Å². The standard InChI is InChI=1S/C12H14FN3O/c1-8-3-4-9(7-10(8)13)12-15-11(16-17-12)5-6-14-2/h3-4,7,14H,5-6H2,1-2H3. The molecule has 1 heterocycles. The van der Waals surface area contributed by atoms with Crippen LogP contribution >= 0.6 is 0 Å². The van der Waals surface area contributed by atoms with Gasteiger partial charge in [-0.25, -0.2) is 4.39 Å². The van der Waals surface area contributed by atoms with Gasteiger partial charge in [0.2, 0.25) is 0 Å².